The fourth-order valence-corrected chi connectivity index (χ4v) is 5.29. The molecule has 0 radical (unpaired) electrons. The van der Waals surface area contributed by atoms with Crippen molar-refractivity contribution in [2.75, 3.05) is 39.3 Å². The second-order valence-electron chi connectivity index (χ2n) is 7.55. The fraction of sp³-hybridized carbons (Fsp3) is 0.550. The highest BCUT2D eigenvalue weighted by atomic mass is 35.5. The van der Waals surface area contributed by atoms with Crippen LogP contribution in [0.15, 0.2) is 29.2 Å². The van der Waals surface area contributed by atoms with Crippen molar-refractivity contribution < 1.29 is 27.5 Å². The molecule has 10 nitrogen and oxygen atoms in total. The van der Waals surface area contributed by atoms with Crippen LogP contribution >= 0.6 is 11.6 Å². The van der Waals surface area contributed by atoms with Crippen molar-refractivity contribution in [1.29, 1.82) is 0 Å². The van der Waals surface area contributed by atoms with Crippen molar-refractivity contribution >= 4 is 39.3 Å². The number of nitrogens with zero attached hydrogens (tertiary/aromatic N) is 2. The number of likely N-dealkylation sites (tertiary alicyclic amines) is 1. The zero-order chi connectivity index (χ0) is 23.1. The average Bonchev–Trinajstić information content (AvgIpc) is 3.20. The van der Waals surface area contributed by atoms with E-state index in [2.05, 4.69) is 10.6 Å². The second kappa shape index (κ2) is 11.1. The van der Waals surface area contributed by atoms with Crippen molar-refractivity contribution in [3.8, 4) is 0 Å². The van der Waals surface area contributed by atoms with Crippen LogP contribution in [0, 0.1) is 0 Å². The summed E-state index contributed by atoms with van der Waals surface area (Å²) in [6.45, 7) is 1.92. The van der Waals surface area contributed by atoms with E-state index in [1.807, 2.05) is 0 Å². The van der Waals surface area contributed by atoms with Crippen LogP contribution in [0.2, 0.25) is 5.02 Å². The Balaban J connectivity index is 1.48. The summed E-state index contributed by atoms with van der Waals surface area (Å²) in [5, 5.41) is 5.36. The summed E-state index contributed by atoms with van der Waals surface area (Å²) >= 11 is 5.84. The largest absolute Gasteiger partial charge is 0.360 e. The molecule has 0 aromatic heterocycles. The summed E-state index contributed by atoms with van der Waals surface area (Å²) < 4.78 is 32.7. The van der Waals surface area contributed by atoms with Crippen LogP contribution in [0.1, 0.15) is 25.7 Å². The third kappa shape index (κ3) is 6.18. The van der Waals surface area contributed by atoms with E-state index >= 15 is 0 Å². The number of halogens is 1. The maximum absolute atomic E-state index is 13.0. The molecule has 32 heavy (non-hydrogen) atoms. The Morgan fingerprint density at radius 3 is 2.50 bits per heavy atom. The van der Waals surface area contributed by atoms with Crippen LogP contribution in [-0.4, -0.2) is 80.9 Å². The molecule has 2 heterocycles. The molecule has 0 unspecified atom stereocenters. The van der Waals surface area contributed by atoms with Crippen molar-refractivity contribution in [3.05, 3.63) is 29.3 Å². The number of sulfonamides is 1. The van der Waals surface area contributed by atoms with E-state index in [-0.39, 0.29) is 30.4 Å². The topological polar surface area (TPSA) is 125 Å². The molecule has 3 amide bonds. The maximum Gasteiger partial charge on any atom is 0.309 e. The fourth-order valence-electron chi connectivity index (χ4n) is 3.60. The first-order valence-electron chi connectivity index (χ1n) is 10.5. The SMILES string of the molecule is O=C(NCCCN1CCCC1=O)C(=O)NC[C@@H]1OCCCN1S(=O)(=O)c1ccc(Cl)cc1. The number of benzene rings is 1. The molecule has 1 aromatic rings. The number of nitrogens with one attached hydrogen (secondary N) is 2. The average molecular weight is 487 g/mol. The molecule has 0 spiro atoms. The standard InChI is InChI=1S/C20H27ClN4O6S/c21-15-5-7-16(8-6-15)32(29,30)25-12-3-13-31-18(25)14-23-20(28)19(27)22-9-2-11-24-10-1-4-17(24)26/h5-8,18H,1-4,9-14H2,(H,22,27)(H,23,28)/t18-/m0/s1. The van der Waals surface area contributed by atoms with Gasteiger partial charge in [-0.25, -0.2) is 8.42 Å². The van der Waals surface area contributed by atoms with Gasteiger partial charge in [-0.05, 0) is 43.5 Å². The lowest BCUT2D eigenvalue weighted by atomic mass is 10.3. The molecular formula is C20H27ClN4O6S. The molecule has 0 bridgehead atoms. The molecule has 12 heteroatoms. The monoisotopic (exact) mass is 486 g/mol. The van der Waals surface area contributed by atoms with E-state index in [1.54, 1.807) is 4.90 Å². The number of hydrogen-bond donors (Lipinski definition) is 2. The van der Waals surface area contributed by atoms with Crippen LogP contribution < -0.4 is 10.6 Å². The molecule has 2 fully saturated rings. The molecule has 2 saturated heterocycles. The number of ether oxygens (including phenoxy) is 1. The van der Waals surface area contributed by atoms with E-state index < -0.39 is 28.1 Å². The zero-order valence-electron chi connectivity index (χ0n) is 17.6. The van der Waals surface area contributed by atoms with Gasteiger partial charge in [-0.3, -0.25) is 14.4 Å². The maximum atomic E-state index is 13.0. The van der Waals surface area contributed by atoms with Crippen LogP contribution in [0.4, 0.5) is 0 Å². The summed E-state index contributed by atoms with van der Waals surface area (Å²) in [5.41, 5.74) is 0. The third-order valence-electron chi connectivity index (χ3n) is 5.28. The van der Waals surface area contributed by atoms with Crippen LogP contribution in [0.25, 0.3) is 0 Å². The lowest BCUT2D eigenvalue weighted by Gasteiger charge is -2.34. The highest BCUT2D eigenvalue weighted by Crippen LogP contribution is 2.23. The molecular weight excluding hydrogens is 460 g/mol. The Morgan fingerprint density at radius 2 is 1.81 bits per heavy atom. The molecule has 176 valence electrons. The highest BCUT2D eigenvalue weighted by molar-refractivity contribution is 7.89. The van der Waals surface area contributed by atoms with Gasteiger partial charge in [0.1, 0.15) is 6.23 Å². The Hall–Kier alpha value is -2.21. The first kappa shape index (κ1) is 24.4. The molecule has 2 aliphatic heterocycles. The zero-order valence-corrected chi connectivity index (χ0v) is 19.2. The molecule has 0 saturated carbocycles. The van der Waals surface area contributed by atoms with E-state index in [0.717, 1.165) is 13.0 Å². The van der Waals surface area contributed by atoms with E-state index in [1.165, 1.54) is 28.6 Å². The number of carbonyl (C=O) groups excluding carboxylic acids is 3. The first-order valence-corrected chi connectivity index (χ1v) is 12.3. The van der Waals surface area contributed by atoms with Gasteiger partial charge in [-0.15, -0.1) is 0 Å². The van der Waals surface area contributed by atoms with Crippen molar-refractivity contribution in [1.82, 2.24) is 19.8 Å². The Kier molecular flexibility index (Phi) is 8.46. The van der Waals surface area contributed by atoms with Crippen molar-refractivity contribution in [3.63, 3.8) is 0 Å². The van der Waals surface area contributed by atoms with Gasteiger partial charge in [-0.1, -0.05) is 11.6 Å². The minimum atomic E-state index is -3.86. The summed E-state index contributed by atoms with van der Waals surface area (Å²) in [5.74, 6) is -1.58. The van der Waals surface area contributed by atoms with Crippen molar-refractivity contribution in [2.45, 2.75) is 36.8 Å². The number of amides is 3. The predicted molar refractivity (Wildman–Crippen MR) is 116 cm³/mol. The minimum Gasteiger partial charge on any atom is -0.360 e. The highest BCUT2D eigenvalue weighted by Gasteiger charge is 2.35. The molecule has 1 aromatic carbocycles. The van der Waals surface area contributed by atoms with E-state index in [9.17, 15) is 22.8 Å². The normalized spacial score (nSPS) is 19.7. The summed E-state index contributed by atoms with van der Waals surface area (Å²) in [6.07, 6.45) is 1.54. The van der Waals surface area contributed by atoms with Gasteiger partial charge < -0.3 is 20.3 Å². The van der Waals surface area contributed by atoms with Gasteiger partial charge in [0.05, 0.1) is 18.0 Å². The number of rotatable bonds is 8. The van der Waals surface area contributed by atoms with Crippen molar-refractivity contribution in [2.24, 2.45) is 0 Å². The number of hydrogen-bond acceptors (Lipinski definition) is 6. The molecule has 0 aliphatic carbocycles. The first-order chi connectivity index (χ1) is 15.3. The third-order valence-corrected chi connectivity index (χ3v) is 7.43. The van der Waals surface area contributed by atoms with Crippen LogP contribution in [0.5, 0.6) is 0 Å². The van der Waals surface area contributed by atoms with Gasteiger partial charge in [0.25, 0.3) is 0 Å². The quantitative estimate of drug-likeness (QED) is 0.403. The van der Waals surface area contributed by atoms with Gasteiger partial charge >= 0.3 is 11.8 Å². The molecule has 1 atom stereocenters. The summed E-state index contributed by atoms with van der Waals surface area (Å²) in [4.78, 5) is 37.5. The predicted octanol–water partition coefficient (Wildman–Crippen LogP) is 0.322. The molecule has 3 rings (SSSR count). The number of carbonyl (C=O) groups is 3. The summed E-state index contributed by atoms with van der Waals surface area (Å²) in [7, 11) is -3.86. The van der Waals surface area contributed by atoms with E-state index in [4.69, 9.17) is 16.3 Å². The van der Waals surface area contributed by atoms with E-state index in [0.29, 0.717) is 37.4 Å². The van der Waals surface area contributed by atoms with Gasteiger partial charge in [-0.2, -0.15) is 4.31 Å². The lowest BCUT2D eigenvalue weighted by Crippen LogP contribution is -2.53. The van der Waals surface area contributed by atoms with Crippen LogP contribution in [0.3, 0.4) is 0 Å². The summed E-state index contributed by atoms with van der Waals surface area (Å²) in [6, 6.07) is 5.79. The second-order valence-corrected chi connectivity index (χ2v) is 9.88. The van der Waals surface area contributed by atoms with Gasteiger partial charge in [0.2, 0.25) is 15.9 Å². The van der Waals surface area contributed by atoms with Gasteiger partial charge in [0, 0.05) is 37.6 Å². The lowest BCUT2D eigenvalue weighted by molar-refractivity contribution is -0.140. The smallest absolute Gasteiger partial charge is 0.309 e. The Labute approximate surface area is 192 Å². The Morgan fingerprint density at radius 1 is 1.09 bits per heavy atom. The van der Waals surface area contributed by atoms with Crippen LogP contribution in [-0.2, 0) is 29.1 Å². The molecule has 2 N–H and O–H groups in total. The molecule has 2 aliphatic rings. The van der Waals surface area contributed by atoms with Gasteiger partial charge in [0.15, 0.2) is 0 Å². The minimum absolute atomic E-state index is 0.0675. The Bertz CT molecular complexity index is 940.